The molecule has 0 N–H and O–H groups in total. The maximum Gasteiger partial charge on any atom is 0.163 e. The molecule has 19 heavy (non-hydrogen) atoms. The van der Waals surface area contributed by atoms with Crippen LogP contribution in [0.25, 0.3) is 0 Å². The van der Waals surface area contributed by atoms with Gasteiger partial charge in [0.15, 0.2) is 8.24 Å². The van der Waals surface area contributed by atoms with Crippen molar-refractivity contribution in [3.63, 3.8) is 0 Å². The van der Waals surface area contributed by atoms with Crippen molar-refractivity contribution in [1.82, 2.24) is 4.98 Å². The molecule has 102 valence electrons. The van der Waals surface area contributed by atoms with Crippen LogP contribution in [0, 0.1) is 0 Å². The molecule has 1 heterocycles. The largest absolute Gasteiger partial charge is 0.353 e. The van der Waals surface area contributed by atoms with Crippen LogP contribution < -0.4 is 4.57 Å². The van der Waals surface area contributed by atoms with Crippen LogP contribution in [0.2, 0.25) is 18.1 Å². The highest BCUT2D eigenvalue weighted by Gasteiger charge is 2.36. The molecule has 0 aliphatic rings. The molecule has 2 aromatic rings. The van der Waals surface area contributed by atoms with Crippen molar-refractivity contribution in [1.29, 1.82) is 0 Å². The van der Waals surface area contributed by atoms with Gasteiger partial charge in [-0.2, -0.15) is 0 Å². The summed E-state index contributed by atoms with van der Waals surface area (Å²) in [7, 11) is -1.51. The highest BCUT2D eigenvalue weighted by Crippen LogP contribution is 2.36. The summed E-state index contributed by atoms with van der Waals surface area (Å²) in [6.07, 6.45) is 0. The van der Waals surface area contributed by atoms with Crippen molar-refractivity contribution in [3.8, 4) is 0 Å². The van der Waals surface area contributed by atoms with Gasteiger partial charge in [-0.1, -0.05) is 39.0 Å². The Morgan fingerprint density at radius 3 is 2.16 bits per heavy atom. The van der Waals surface area contributed by atoms with Gasteiger partial charge in [0.2, 0.25) is 0 Å². The van der Waals surface area contributed by atoms with Crippen LogP contribution in [0.5, 0.6) is 0 Å². The Morgan fingerprint density at radius 2 is 1.68 bits per heavy atom. The minimum atomic E-state index is -1.51. The van der Waals surface area contributed by atoms with Gasteiger partial charge in [-0.3, -0.25) is 0 Å². The lowest BCUT2D eigenvalue weighted by atomic mass is 10.3. The van der Waals surface area contributed by atoms with Crippen molar-refractivity contribution in [2.75, 3.05) is 4.57 Å². The molecule has 0 atom stereocenters. The van der Waals surface area contributed by atoms with Gasteiger partial charge in [0.1, 0.15) is 5.82 Å². The van der Waals surface area contributed by atoms with Gasteiger partial charge >= 0.3 is 0 Å². The lowest BCUT2D eigenvalue weighted by Crippen LogP contribution is -2.49. The minimum absolute atomic E-state index is 1.13. The van der Waals surface area contributed by atoms with E-state index in [9.17, 15) is 0 Å². The summed E-state index contributed by atoms with van der Waals surface area (Å²) >= 11 is 1.68. The molecular weight excluding hydrogens is 268 g/mol. The second-order valence-corrected chi connectivity index (χ2v) is 10.5. The first-order valence-corrected chi connectivity index (χ1v) is 10.5. The van der Waals surface area contributed by atoms with E-state index in [0.717, 1.165) is 5.82 Å². The van der Waals surface area contributed by atoms with Crippen LogP contribution in [0.15, 0.2) is 41.2 Å². The average molecular weight is 291 g/mol. The van der Waals surface area contributed by atoms with Gasteiger partial charge in [-0.25, -0.2) is 4.98 Å². The molecule has 4 heteroatoms. The average Bonchev–Trinajstić information content (AvgIpc) is 2.99. The molecule has 0 saturated carbocycles. The Balaban J connectivity index is 2.52. The molecule has 0 bridgehead atoms. The molecule has 0 spiro atoms. The summed E-state index contributed by atoms with van der Waals surface area (Å²) in [6, 6.07) is 14.5. The van der Waals surface area contributed by atoms with Gasteiger partial charge in [0, 0.05) is 11.1 Å². The van der Waals surface area contributed by atoms with Crippen LogP contribution in [0.1, 0.15) is 20.8 Å². The summed E-state index contributed by atoms with van der Waals surface area (Å²) in [5.41, 5.74) is 3.23. The fraction of sp³-hybridized carbons (Fsp3) is 0.400. The first kappa shape index (κ1) is 14.3. The fourth-order valence-corrected chi connectivity index (χ4v) is 7.13. The molecule has 1 aromatic heterocycles. The smallest absolute Gasteiger partial charge is 0.163 e. The van der Waals surface area contributed by atoms with Crippen molar-refractivity contribution < 1.29 is 0 Å². The monoisotopic (exact) mass is 290 g/mol. The standard InChI is InChI=1S/C15H22N2SSi/c1-4-19(5-2,6-3)17(15-12-18-13-16-15)14-10-8-7-9-11-14/h7-13H,4-6H2,1-3H3. The summed E-state index contributed by atoms with van der Waals surface area (Å²) < 4.78 is 2.56. The first-order valence-electron chi connectivity index (χ1n) is 7.01. The zero-order valence-electron chi connectivity index (χ0n) is 12.0. The number of thiazole rings is 1. The molecule has 0 unspecified atom stereocenters. The second-order valence-electron chi connectivity index (χ2n) is 4.80. The van der Waals surface area contributed by atoms with E-state index in [1.54, 1.807) is 11.3 Å². The zero-order chi connectivity index (χ0) is 13.7. The fourth-order valence-electron chi connectivity index (χ4n) is 2.77. The molecule has 1 aromatic carbocycles. The van der Waals surface area contributed by atoms with Crippen LogP contribution >= 0.6 is 11.3 Å². The summed E-state index contributed by atoms with van der Waals surface area (Å²) in [4.78, 5) is 4.58. The Bertz CT molecular complexity index is 472. The molecule has 2 nitrogen and oxygen atoms in total. The number of hydrogen-bond acceptors (Lipinski definition) is 3. The zero-order valence-corrected chi connectivity index (χ0v) is 13.8. The summed E-state index contributed by atoms with van der Waals surface area (Å²) in [5.74, 6) is 1.13. The molecule has 0 fully saturated rings. The number of rotatable bonds is 6. The molecule has 0 saturated heterocycles. The number of anilines is 2. The predicted octanol–water partition coefficient (Wildman–Crippen LogP) is 5.29. The van der Waals surface area contributed by atoms with Gasteiger partial charge in [-0.05, 0) is 30.3 Å². The SMILES string of the molecule is CC[Si](CC)(CC)N(c1ccccc1)c1cscn1. The number of benzene rings is 1. The molecule has 0 radical (unpaired) electrons. The van der Waals surface area contributed by atoms with E-state index in [1.165, 1.54) is 23.8 Å². The second kappa shape index (κ2) is 6.35. The van der Waals surface area contributed by atoms with E-state index in [-0.39, 0.29) is 0 Å². The third-order valence-electron chi connectivity index (χ3n) is 4.11. The van der Waals surface area contributed by atoms with E-state index in [4.69, 9.17) is 0 Å². The van der Waals surface area contributed by atoms with Gasteiger partial charge < -0.3 is 4.57 Å². The Morgan fingerprint density at radius 1 is 1.05 bits per heavy atom. The van der Waals surface area contributed by atoms with Gasteiger partial charge in [0.05, 0.1) is 5.51 Å². The number of hydrogen-bond donors (Lipinski definition) is 0. The van der Waals surface area contributed by atoms with Crippen molar-refractivity contribution in [2.24, 2.45) is 0 Å². The highest BCUT2D eigenvalue weighted by molar-refractivity contribution is 7.08. The third kappa shape index (κ3) is 2.74. The van der Waals surface area contributed by atoms with Crippen molar-refractivity contribution in [3.05, 3.63) is 41.2 Å². The molecule has 0 amide bonds. The highest BCUT2D eigenvalue weighted by atomic mass is 32.1. The van der Waals surface area contributed by atoms with Crippen LogP contribution in [-0.4, -0.2) is 13.2 Å². The Hall–Kier alpha value is -1.13. The van der Waals surface area contributed by atoms with E-state index in [0.29, 0.717) is 0 Å². The summed E-state index contributed by atoms with van der Waals surface area (Å²) in [5, 5.41) is 2.18. The van der Waals surface area contributed by atoms with E-state index in [2.05, 4.69) is 66.0 Å². The normalized spacial score (nSPS) is 11.5. The maximum atomic E-state index is 4.58. The Kier molecular flexibility index (Phi) is 4.77. The molecule has 2 rings (SSSR count). The maximum absolute atomic E-state index is 4.58. The number of para-hydroxylation sites is 1. The first-order chi connectivity index (χ1) is 9.27. The quantitative estimate of drug-likeness (QED) is 0.672. The number of nitrogens with zero attached hydrogens (tertiary/aromatic N) is 2. The molecule has 0 aliphatic carbocycles. The van der Waals surface area contributed by atoms with Crippen LogP contribution in [0.3, 0.4) is 0 Å². The topological polar surface area (TPSA) is 16.1 Å². The van der Waals surface area contributed by atoms with Gasteiger partial charge in [-0.15, -0.1) is 11.3 Å². The van der Waals surface area contributed by atoms with Crippen molar-refractivity contribution >= 4 is 31.1 Å². The Labute approximate surface area is 121 Å². The van der Waals surface area contributed by atoms with E-state index < -0.39 is 8.24 Å². The minimum Gasteiger partial charge on any atom is -0.353 e. The van der Waals surface area contributed by atoms with Crippen molar-refractivity contribution in [2.45, 2.75) is 38.9 Å². The summed E-state index contributed by atoms with van der Waals surface area (Å²) in [6.45, 7) is 7.00. The predicted molar refractivity (Wildman–Crippen MR) is 87.9 cm³/mol. The van der Waals surface area contributed by atoms with E-state index >= 15 is 0 Å². The number of aromatic nitrogens is 1. The lowest BCUT2D eigenvalue weighted by molar-refractivity contribution is 1.09. The van der Waals surface area contributed by atoms with Crippen LogP contribution in [0.4, 0.5) is 11.5 Å². The van der Waals surface area contributed by atoms with Gasteiger partial charge in [0.25, 0.3) is 0 Å². The van der Waals surface area contributed by atoms with Crippen LogP contribution in [-0.2, 0) is 0 Å². The third-order valence-corrected chi connectivity index (χ3v) is 10.1. The molecule has 0 aliphatic heterocycles. The molecular formula is C15H22N2SSi. The van der Waals surface area contributed by atoms with E-state index in [1.807, 2.05) is 5.51 Å². The lowest BCUT2D eigenvalue weighted by Gasteiger charge is -2.41.